The molecule has 3 rings (SSSR count). The number of hydrazine groups is 1. The van der Waals surface area contributed by atoms with Gasteiger partial charge in [0.25, 0.3) is 0 Å². The Morgan fingerprint density at radius 2 is 2.04 bits per heavy atom. The maximum atomic E-state index is 13.9. The van der Waals surface area contributed by atoms with E-state index in [1.165, 1.54) is 12.1 Å². The minimum atomic E-state index is -0.487. The van der Waals surface area contributed by atoms with Crippen LogP contribution in [0.3, 0.4) is 0 Å². The summed E-state index contributed by atoms with van der Waals surface area (Å²) in [5.74, 6) is -0.487. The van der Waals surface area contributed by atoms with E-state index in [-0.39, 0.29) is 5.69 Å². The lowest BCUT2D eigenvalue weighted by Crippen LogP contribution is -2.28. The molecule has 0 fully saturated rings. The molecular formula is C17H14BrFN4O. The molecule has 0 atom stereocenters. The van der Waals surface area contributed by atoms with Crippen LogP contribution >= 0.6 is 15.9 Å². The molecule has 24 heavy (non-hydrogen) atoms. The van der Waals surface area contributed by atoms with Gasteiger partial charge in [-0.25, -0.2) is 9.40 Å². The summed E-state index contributed by atoms with van der Waals surface area (Å²) in [6.07, 6.45) is 0.527. The van der Waals surface area contributed by atoms with Gasteiger partial charge in [0.2, 0.25) is 6.41 Å². The normalized spacial score (nSPS) is 10.5. The zero-order valence-corrected chi connectivity index (χ0v) is 14.3. The average molecular weight is 389 g/mol. The highest BCUT2D eigenvalue weighted by Crippen LogP contribution is 2.30. The summed E-state index contributed by atoms with van der Waals surface area (Å²) in [4.78, 5) is 11.3. The number of amides is 1. The third-order valence-electron chi connectivity index (χ3n) is 3.48. The van der Waals surface area contributed by atoms with Crippen molar-refractivity contribution in [1.29, 1.82) is 0 Å². The van der Waals surface area contributed by atoms with Crippen molar-refractivity contribution in [1.82, 2.24) is 10.2 Å². The summed E-state index contributed by atoms with van der Waals surface area (Å²) in [5, 5.41) is 8.26. The van der Waals surface area contributed by atoms with Gasteiger partial charge in [0, 0.05) is 11.3 Å². The van der Waals surface area contributed by atoms with Crippen LogP contribution in [0.5, 0.6) is 0 Å². The molecule has 5 nitrogen and oxygen atoms in total. The molecule has 0 saturated heterocycles. The number of carbonyl (C=O) groups excluding carboxylic acids is 1. The topological polar surface area (TPSA) is 61.0 Å². The van der Waals surface area contributed by atoms with Gasteiger partial charge in [-0.15, -0.1) is 0 Å². The van der Waals surface area contributed by atoms with Crippen LogP contribution in [-0.4, -0.2) is 16.6 Å². The van der Waals surface area contributed by atoms with Gasteiger partial charge in [-0.3, -0.25) is 15.3 Å². The van der Waals surface area contributed by atoms with E-state index in [4.69, 9.17) is 0 Å². The van der Waals surface area contributed by atoms with E-state index in [0.717, 1.165) is 26.4 Å². The summed E-state index contributed by atoms with van der Waals surface area (Å²) in [7, 11) is 0. The van der Waals surface area contributed by atoms with Crippen LogP contribution in [0, 0.1) is 12.7 Å². The molecule has 122 valence electrons. The van der Waals surface area contributed by atoms with Crippen LogP contribution in [-0.2, 0) is 4.79 Å². The highest BCUT2D eigenvalue weighted by Gasteiger charge is 2.13. The number of benzene rings is 2. The molecule has 0 aliphatic heterocycles. The van der Waals surface area contributed by atoms with Crippen molar-refractivity contribution in [2.75, 3.05) is 10.4 Å². The lowest BCUT2D eigenvalue weighted by Gasteiger charge is -2.20. The van der Waals surface area contributed by atoms with Gasteiger partial charge in [-0.2, -0.15) is 5.10 Å². The highest BCUT2D eigenvalue weighted by atomic mass is 79.9. The molecule has 0 saturated carbocycles. The first-order valence-corrected chi connectivity index (χ1v) is 7.96. The van der Waals surface area contributed by atoms with E-state index >= 15 is 0 Å². The fraction of sp³-hybridized carbons (Fsp3) is 0.0588. The van der Waals surface area contributed by atoms with Gasteiger partial charge in [0.15, 0.2) is 0 Å². The number of hydrogen-bond acceptors (Lipinski definition) is 3. The molecule has 2 aromatic carbocycles. The number of hydrogen-bond donors (Lipinski definition) is 2. The summed E-state index contributed by atoms with van der Waals surface area (Å²) in [6.45, 7) is 1.91. The molecule has 3 aromatic rings. The number of halogens is 2. The Labute approximate surface area is 146 Å². The molecule has 0 radical (unpaired) electrons. The summed E-state index contributed by atoms with van der Waals surface area (Å²) in [6, 6.07) is 13.4. The molecule has 1 amide bonds. The van der Waals surface area contributed by atoms with Gasteiger partial charge in [0.05, 0.1) is 10.2 Å². The van der Waals surface area contributed by atoms with Crippen molar-refractivity contribution in [2.24, 2.45) is 0 Å². The average Bonchev–Trinajstić information content (AvgIpc) is 2.93. The third kappa shape index (κ3) is 3.16. The predicted octanol–water partition coefficient (Wildman–Crippen LogP) is 4.28. The molecule has 1 aromatic heterocycles. The molecule has 7 heteroatoms. The molecule has 0 aliphatic carbocycles. The number of aryl methyl sites for hydroxylation is 1. The highest BCUT2D eigenvalue weighted by molar-refractivity contribution is 9.10. The summed E-state index contributed by atoms with van der Waals surface area (Å²) >= 11 is 3.49. The number of aromatic nitrogens is 2. The number of para-hydroxylation sites is 1. The Kier molecular flexibility index (Phi) is 4.61. The molecule has 1 heterocycles. The Morgan fingerprint density at radius 1 is 1.25 bits per heavy atom. The van der Waals surface area contributed by atoms with Crippen molar-refractivity contribution >= 4 is 33.7 Å². The van der Waals surface area contributed by atoms with Gasteiger partial charge < -0.3 is 0 Å². The summed E-state index contributed by atoms with van der Waals surface area (Å²) in [5.41, 5.74) is 6.22. The first-order chi connectivity index (χ1) is 11.6. The zero-order chi connectivity index (χ0) is 17.1. The molecule has 0 bridgehead atoms. The Morgan fingerprint density at radius 3 is 2.71 bits per heavy atom. The fourth-order valence-corrected chi connectivity index (χ4v) is 2.68. The lowest BCUT2D eigenvalue weighted by atomic mass is 10.1. The monoisotopic (exact) mass is 388 g/mol. The molecule has 0 spiro atoms. The third-order valence-corrected chi connectivity index (χ3v) is 4.45. The van der Waals surface area contributed by atoms with Crippen LogP contribution in [0.2, 0.25) is 0 Å². The summed E-state index contributed by atoms with van der Waals surface area (Å²) < 4.78 is 14.7. The number of nitrogens with zero attached hydrogens (tertiary/aromatic N) is 2. The number of H-pyrrole nitrogens is 1. The second-order valence-electron chi connectivity index (χ2n) is 5.13. The first kappa shape index (κ1) is 16.2. The van der Waals surface area contributed by atoms with E-state index < -0.39 is 5.82 Å². The number of nitrogens with one attached hydrogen (secondary N) is 2. The van der Waals surface area contributed by atoms with Crippen molar-refractivity contribution in [3.63, 3.8) is 0 Å². The van der Waals surface area contributed by atoms with E-state index in [1.54, 1.807) is 18.2 Å². The predicted molar refractivity (Wildman–Crippen MR) is 95.0 cm³/mol. The lowest BCUT2D eigenvalue weighted by molar-refractivity contribution is -0.107. The quantitative estimate of drug-likeness (QED) is 0.506. The maximum absolute atomic E-state index is 13.9. The molecule has 2 N–H and O–H groups in total. The van der Waals surface area contributed by atoms with Crippen molar-refractivity contribution in [2.45, 2.75) is 6.92 Å². The maximum Gasteiger partial charge on any atom is 0.232 e. The standard InChI is InChI=1S/C17H14BrFN4O/c1-11-16(18)17(21-20-11)12-5-4-6-13(9-12)22-23(10-24)15-8-3-2-7-14(15)19/h2-10,22H,1H3,(H,20,21). The van der Waals surface area contributed by atoms with Gasteiger partial charge in [0.1, 0.15) is 17.2 Å². The van der Waals surface area contributed by atoms with Crippen LogP contribution in [0.4, 0.5) is 15.8 Å². The number of anilines is 2. The van der Waals surface area contributed by atoms with Crippen LogP contribution in [0.25, 0.3) is 11.3 Å². The van der Waals surface area contributed by atoms with E-state index in [0.29, 0.717) is 12.1 Å². The second-order valence-corrected chi connectivity index (χ2v) is 5.92. The minimum absolute atomic E-state index is 0.148. The fourth-order valence-electron chi connectivity index (χ4n) is 2.27. The van der Waals surface area contributed by atoms with Gasteiger partial charge in [-0.05, 0) is 47.1 Å². The van der Waals surface area contributed by atoms with E-state index in [9.17, 15) is 9.18 Å². The molecule has 0 unspecified atom stereocenters. The van der Waals surface area contributed by atoms with Crippen molar-refractivity contribution in [3.8, 4) is 11.3 Å². The van der Waals surface area contributed by atoms with Gasteiger partial charge in [-0.1, -0.05) is 24.3 Å². The molecule has 0 aliphatic rings. The van der Waals surface area contributed by atoms with Crippen molar-refractivity contribution in [3.05, 3.63) is 64.5 Å². The zero-order valence-electron chi connectivity index (χ0n) is 12.8. The largest absolute Gasteiger partial charge is 0.291 e. The van der Waals surface area contributed by atoms with Crippen LogP contribution < -0.4 is 10.4 Å². The van der Waals surface area contributed by atoms with Gasteiger partial charge >= 0.3 is 0 Å². The molecular weight excluding hydrogens is 375 g/mol. The van der Waals surface area contributed by atoms with E-state index in [1.807, 2.05) is 25.1 Å². The Hall–Kier alpha value is -2.67. The number of rotatable bonds is 5. The Balaban J connectivity index is 1.90. The number of carbonyl (C=O) groups is 1. The van der Waals surface area contributed by atoms with Crippen LogP contribution in [0.15, 0.2) is 53.0 Å². The Bertz CT molecular complexity index is 881. The second kappa shape index (κ2) is 6.84. The minimum Gasteiger partial charge on any atom is -0.291 e. The SMILES string of the molecule is Cc1[nH]nc(-c2cccc(NN(C=O)c3ccccc3F)c2)c1Br. The van der Waals surface area contributed by atoms with E-state index in [2.05, 4.69) is 31.6 Å². The first-order valence-electron chi connectivity index (χ1n) is 7.17. The van der Waals surface area contributed by atoms with Crippen molar-refractivity contribution < 1.29 is 9.18 Å². The smallest absolute Gasteiger partial charge is 0.232 e. The van der Waals surface area contributed by atoms with Crippen LogP contribution in [0.1, 0.15) is 5.69 Å². The number of aromatic amines is 1.